The fourth-order valence-electron chi connectivity index (χ4n) is 1.50. The molecule has 1 aromatic carbocycles. The van der Waals surface area contributed by atoms with Crippen LogP contribution in [0.3, 0.4) is 0 Å². The highest BCUT2D eigenvalue weighted by molar-refractivity contribution is 5.47. The lowest BCUT2D eigenvalue weighted by Crippen LogP contribution is -2.06. The highest BCUT2D eigenvalue weighted by atomic mass is 16.6. The van der Waals surface area contributed by atoms with Crippen LogP contribution in [0.25, 0.3) is 0 Å². The van der Waals surface area contributed by atoms with Crippen LogP contribution in [0, 0.1) is 0 Å². The van der Waals surface area contributed by atoms with Crippen molar-refractivity contribution in [2.75, 3.05) is 18.5 Å². The third-order valence-corrected chi connectivity index (χ3v) is 2.71. The molecule has 3 atom stereocenters. The molecule has 2 fully saturated rings. The van der Waals surface area contributed by atoms with E-state index in [-0.39, 0.29) is 6.23 Å². The van der Waals surface area contributed by atoms with Crippen molar-refractivity contribution in [2.45, 2.75) is 25.4 Å². The van der Waals surface area contributed by atoms with Crippen LogP contribution < -0.4 is 10.1 Å². The van der Waals surface area contributed by atoms with E-state index in [0.717, 1.165) is 18.0 Å². The molecule has 3 rings (SSSR count). The third kappa shape index (κ3) is 2.46. The number of hydrogen-bond acceptors (Lipinski definition) is 4. The van der Waals surface area contributed by atoms with E-state index in [9.17, 15) is 0 Å². The second-order valence-corrected chi connectivity index (χ2v) is 4.20. The zero-order valence-corrected chi connectivity index (χ0v) is 9.18. The summed E-state index contributed by atoms with van der Waals surface area (Å²) in [7, 11) is 0. The Labute approximate surface area is 94.5 Å². The van der Waals surface area contributed by atoms with Crippen molar-refractivity contribution in [1.29, 1.82) is 0 Å². The van der Waals surface area contributed by atoms with Gasteiger partial charge in [-0.15, -0.1) is 0 Å². The number of anilines is 1. The fourth-order valence-corrected chi connectivity index (χ4v) is 1.50. The number of ether oxygens (including phenoxy) is 3. The molecule has 1 aromatic rings. The SMILES string of the molecule is CC1OC1Nc1ccc(OCC2CO2)cc1. The summed E-state index contributed by atoms with van der Waals surface area (Å²) in [5.74, 6) is 0.880. The summed E-state index contributed by atoms with van der Waals surface area (Å²) in [6.07, 6.45) is 0.799. The molecule has 4 nitrogen and oxygen atoms in total. The molecule has 0 saturated carbocycles. The Balaban J connectivity index is 1.52. The Morgan fingerprint density at radius 3 is 2.62 bits per heavy atom. The number of nitrogens with one attached hydrogen (secondary N) is 1. The van der Waals surface area contributed by atoms with Gasteiger partial charge in [0.05, 0.1) is 6.61 Å². The van der Waals surface area contributed by atoms with Gasteiger partial charge in [-0.1, -0.05) is 0 Å². The maximum absolute atomic E-state index is 5.54. The first-order chi connectivity index (χ1) is 7.81. The molecule has 2 aliphatic heterocycles. The topological polar surface area (TPSA) is 46.3 Å². The molecule has 0 aromatic heterocycles. The largest absolute Gasteiger partial charge is 0.491 e. The molecule has 0 radical (unpaired) electrons. The molecule has 0 spiro atoms. The minimum atomic E-state index is 0.173. The fraction of sp³-hybridized carbons (Fsp3) is 0.500. The van der Waals surface area contributed by atoms with Gasteiger partial charge < -0.3 is 19.5 Å². The molecule has 0 bridgehead atoms. The second kappa shape index (κ2) is 3.96. The van der Waals surface area contributed by atoms with Crippen molar-refractivity contribution in [1.82, 2.24) is 0 Å². The first-order valence-corrected chi connectivity index (χ1v) is 5.58. The van der Waals surface area contributed by atoms with Crippen molar-refractivity contribution >= 4 is 5.69 Å². The van der Waals surface area contributed by atoms with E-state index in [1.54, 1.807) is 0 Å². The van der Waals surface area contributed by atoms with E-state index in [1.165, 1.54) is 0 Å². The normalized spacial score (nSPS) is 30.9. The minimum absolute atomic E-state index is 0.173. The first-order valence-electron chi connectivity index (χ1n) is 5.58. The van der Waals surface area contributed by atoms with Gasteiger partial charge in [0, 0.05) is 5.69 Å². The van der Waals surface area contributed by atoms with Crippen LogP contribution in [-0.2, 0) is 9.47 Å². The Kier molecular flexibility index (Phi) is 2.46. The van der Waals surface area contributed by atoms with Crippen LogP contribution >= 0.6 is 0 Å². The zero-order valence-electron chi connectivity index (χ0n) is 9.18. The van der Waals surface area contributed by atoms with Crippen LogP contribution in [-0.4, -0.2) is 31.6 Å². The van der Waals surface area contributed by atoms with Gasteiger partial charge >= 0.3 is 0 Å². The van der Waals surface area contributed by atoms with Crippen molar-refractivity contribution < 1.29 is 14.2 Å². The van der Waals surface area contributed by atoms with E-state index >= 15 is 0 Å². The summed E-state index contributed by atoms with van der Waals surface area (Å²) in [5, 5.41) is 3.27. The summed E-state index contributed by atoms with van der Waals surface area (Å²) in [4.78, 5) is 0. The monoisotopic (exact) mass is 221 g/mol. The molecule has 2 heterocycles. The van der Waals surface area contributed by atoms with Gasteiger partial charge in [-0.05, 0) is 31.2 Å². The van der Waals surface area contributed by atoms with Crippen molar-refractivity contribution in [3.05, 3.63) is 24.3 Å². The van der Waals surface area contributed by atoms with E-state index < -0.39 is 0 Å². The molecule has 16 heavy (non-hydrogen) atoms. The van der Waals surface area contributed by atoms with Crippen molar-refractivity contribution in [3.8, 4) is 5.75 Å². The predicted octanol–water partition coefficient (Wildman–Crippen LogP) is 1.62. The second-order valence-electron chi connectivity index (χ2n) is 4.20. The summed E-state index contributed by atoms with van der Waals surface area (Å²) in [6, 6.07) is 7.91. The average Bonchev–Trinajstić information content (AvgIpc) is 3.18. The van der Waals surface area contributed by atoms with Gasteiger partial charge in [0.25, 0.3) is 0 Å². The van der Waals surface area contributed by atoms with Crippen molar-refractivity contribution in [3.63, 3.8) is 0 Å². The van der Waals surface area contributed by atoms with Crippen LogP contribution in [0.1, 0.15) is 6.92 Å². The van der Waals surface area contributed by atoms with E-state index in [0.29, 0.717) is 18.8 Å². The molecule has 0 amide bonds. The quantitative estimate of drug-likeness (QED) is 0.767. The highest BCUT2D eigenvalue weighted by Crippen LogP contribution is 2.25. The van der Waals surface area contributed by atoms with Gasteiger partial charge in [0.1, 0.15) is 24.6 Å². The van der Waals surface area contributed by atoms with Gasteiger partial charge in [0.15, 0.2) is 6.23 Å². The van der Waals surface area contributed by atoms with Gasteiger partial charge in [-0.25, -0.2) is 0 Å². The Bertz CT molecular complexity index is 361. The Morgan fingerprint density at radius 2 is 2.06 bits per heavy atom. The number of rotatable bonds is 5. The number of epoxide rings is 2. The van der Waals surface area contributed by atoms with E-state index in [4.69, 9.17) is 14.2 Å². The lowest BCUT2D eigenvalue weighted by atomic mass is 10.3. The number of hydrogen-bond donors (Lipinski definition) is 1. The standard InChI is InChI=1S/C12H15NO3/c1-8-12(16-8)13-9-2-4-10(5-3-9)14-6-11-7-15-11/h2-5,8,11-13H,6-7H2,1H3. The minimum Gasteiger partial charge on any atom is -0.491 e. The molecule has 4 heteroatoms. The Hall–Kier alpha value is -1.26. The predicted molar refractivity (Wildman–Crippen MR) is 59.6 cm³/mol. The Morgan fingerprint density at radius 1 is 1.38 bits per heavy atom. The van der Waals surface area contributed by atoms with Crippen LogP contribution in [0.2, 0.25) is 0 Å². The smallest absolute Gasteiger partial charge is 0.154 e. The summed E-state index contributed by atoms with van der Waals surface area (Å²) in [6.45, 7) is 3.52. The maximum Gasteiger partial charge on any atom is 0.154 e. The van der Waals surface area contributed by atoms with Gasteiger partial charge in [0.2, 0.25) is 0 Å². The van der Waals surface area contributed by atoms with Crippen LogP contribution in [0.4, 0.5) is 5.69 Å². The lowest BCUT2D eigenvalue weighted by Gasteiger charge is -2.06. The molecule has 1 N–H and O–H groups in total. The first kappa shape index (κ1) is 9.93. The summed E-state index contributed by atoms with van der Waals surface area (Å²) >= 11 is 0. The molecular formula is C12H15NO3. The average molecular weight is 221 g/mol. The highest BCUT2D eigenvalue weighted by Gasteiger charge is 2.33. The molecule has 86 valence electrons. The molecular weight excluding hydrogens is 206 g/mol. The van der Waals surface area contributed by atoms with Gasteiger partial charge in [-0.2, -0.15) is 0 Å². The molecule has 2 saturated heterocycles. The zero-order chi connectivity index (χ0) is 11.0. The lowest BCUT2D eigenvalue weighted by molar-refractivity contribution is 0.263. The van der Waals surface area contributed by atoms with Crippen LogP contribution in [0.15, 0.2) is 24.3 Å². The summed E-state index contributed by atoms with van der Waals surface area (Å²) in [5.41, 5.74) is 1.06. The van der Waals surface area contributed by atoms with Gasteiger partial charge in [-0.3, -0.25) is 0 Å². The molecule has 2 aliphatic rings. The molecule has 3 unspecified atom stereocenters. The van der Waals surface area contributed by atoms with E-state index in [1.807, 2.05) is 31.2 Å². The molecule has 0 aliphatic carbocycles. The van der Waals surface area contributed by atoms with E-state index in [2.05, 4.69) is 5.32 Å². The summed E-state index contributed by atoms with van der Waals surface area (Å²) < 4.78 is 15.9. The van der Waals surface area contributed by atoms with Crippen molar-refractivity contribution in [2.24, 2.45) is 0 Å². The maximum atomic E-state index is 5.54. The van der Waals surface area contributed by atoms with Crippen LogP contribution in [0.5, 0.6) is 5.75 Å². The third-order valence-electron chi connectivity index (χ3n) is 2.71. The number of benzene rings is 1.